The van der Waals surface area contributed by atoms with Crippen LogP contribution in [-0.4, -0.2) is 11.1 Å². The van der Waals surface area contributed by atoms with Crippen LogP contribution in [0, 0.1) is 13.8 Å². The van der Waals surface area contributed by atoms with Crippen molar-refractivity contribution in [3.05, 3.63) is 23.5 Å². The van der Waals surface area contributed by atoms with E-state index in [9.17, 15) is 0 Å². The van der Waals surface area contributed by atoms with Gasteiger partial charge in [-0.15, -0.1) is 0 Å². The number of aryl methyl sites for hydroxylation is 1. The number of nitrogens with zero attached hydrogens (tertiary/aromatic N) is 1. The van der Waals surface area contributed by atoms with Crippen LogP contribution in [0.25, 0.3) is 0 Å². The molecule has 0 aliphatic heterocycles. The number of aromatic nitrogens is 1. The van der Waals surface area contributed by atoms with E-state index < -0.39 is 0 Å². The number of ether oxygens (including phenoxy) is 1. The van der Waals surface area contributed by atoms with Crippen LogP contribution in [0.15, 0.2) is 12.3 Å². The molecule has 2 rings (SSSR count). The molecule has 1 saturated carbocycles. The summed E-state index contributed by atoms with van der Waals surface area (Å²) >= 11 is 0. The molecule has 1 aliphatic carbocycles. The Morgan fingerprint density at radius 1 is 1.42 bits per heavy atom. The van der Waals surface area contributed by atoms with Gasteiger partial charge in [0, 0.05) is 17.5 Å². The molecule has 1 heterocycles. The number of hydrogen-bond donors (Lipinski definition) is 0. The van der Waals surface area contributed by atoms with E-state index in [1.807, 2.05) is 13.0 Å². The molecule has 0 bridgehead atoms. The Kier molecular flexibility index (Phi) is 1.75. The third-order valence-electron chi connectivity index (χ3n) is 2.22. The average molecular weight is 163 g/mol. The van der Waals surface area contributed by atoms with Crippen LogP contribution in [0.2, 0.25) is 0 Å². The van der Waals surface area contributed by atoms with Gasteiger partial charge in [0.05, 0.1) is 6.10 Å². The number of pyridine rings is 1. The Labute approximate surface area is 72.6 Å². The molecule has 12 heavy (non-hydrogen) atoms. The van der Waals surface area contributed by atoms with Crippen LogP contribution in [0.5, 0.6) is 5.75 Å². The topological polar surface area (TPSA) is 22.1 Å². The van der Waals surface area contributed by atoms with Gasteiger partial charge in [-0.05, 0) is 32.8 Å². The van der Waals surface area contributed by atoms with Crippen LogP contribution in [0.1, 0.15) is 24.1 Å². The van der Waals surface area contributed by atoms with Gasteiger partial charge in [0.1, 0.15) is 5.75 Å². The third kappa shape index (κ3) is 1.42. The van der Waals surface area contributed by atoms with Crippen LogP contribution in [0.4, 0.5) is 0 Å². The Balaban J connectivity index is 2.23. The second kappa shape index (κ2) is 2.77. The summed E-state index contributed by atoms with van der Waals surface area (Å²) in [5.41, 5.74) is 2.23. The molecule has 64 valence electrons. The van der Waals surface area contributed by atoms with Crippen molar-refractivity contribution in [3.8, 4) is 5.75 Å². The molecule has 0 aromatic carbocycles. The maximum absolute atomic E-state index is 5.70. The molecule has 2 nitrogen and oxygen atoms in total. The predicted molar refractivity (Wildman–Crippen MR) is 47.4 cm³/mol. The predicted octanol–water partition coefficient (Wildman–Crippen LogP) is 2.24. The zero-order valence-corrected chi connectivity index (χ0v) is 7.50. The zero-order chi connectivity index (χ0) is 8.55. The second-order valence-electron chi connectivity index (χ2n) is 3.34. The lowest BCUT2D eigenvalue weighted by Crippen LogP contribution is -1.99. The lowest BCUT2D eigenvalue weighted by molar-refractivity contribution is 0.300. The minimum absolute atomic E-state index is 0.477. The lowest BCUT2D eigenvalue weighted by atomic mass is 10.2. The quantitative estimate of drug-likeness (QED) is 0.667. The highest BCUT2D eigenvalue weighted by molar-refractivity contribution is 5.34. The molecule has 0 saturated heterocycles. The molecular weight excluding hydrogens is 150 g/mol. The first kappa shape index (κ1) is 7.59. The fourth-order valence-electron chi connectivity index (χ4n) is 1.11. The molecule has 0 amide bonds. The zero-order valence-electron chi connectivity index (χ0n) is 7.50. The van der Waals surface area contributed by atoms with Gasteiger partial charge in [-0.3, -0.25) is 4.98 Å². The smallest absolute Gasteiger partial charge is 0.125 e. The van der Waals surface area contributed by atoms with E-state index in [1.54, 1.807) is 6.20 Å². The molecule has 0 spiro atoms. The SMILES string of the molecule is Cc1nccc(OC2CC2)c1C. The molecule has 1 fully saturated rings. The fraction of sp³-hybridized carbons (Fsp3) is 0.500. The van der Waals surface area contributed by atoms with Crippen molar-refractivity contribution in [1.82, 2.24) is 4.98 Å². The highest BCUT2D eigenvalue weighted by Gasteiger charge is 2.24. The molecule has 0 radical (unpaired) electrons. The average Bonchev–Trinajstić information content (AvgIpc) is 2.83. The maximum Gasteiger partial charge on any atom is 0.125 e. The van der Waals surface area contributed by atoms with Crippen molar-refractivity contribution in [3.63, 3.8) is 0 Å². The Hall–Kier alpha value is -1.05. The van der Waals surface area contributed by atoms with Crippen molar-refractivity contribution in [2.24, 2.45) is 0 Å². The normalized spacial score (nSPS) is 16.2. The first-order chi connectivity index (χ1) is 5.77. The molecule has 0 N–H and O–H groups in total. The van der Waals surface area contributed by atoms with Crippen LogP contribution in [0.3, 0.4) is 0 Å². The highest BCUT2D eigenvalue weighted by atomic mass is 16.5. The summed E-state index contributed by atoms with van der Waals surface area (Å²) in [5.74, 6) is 1.00. The summed E-state index contributed by atoms with van der Waals surface area (Å²) in [6.07, 6.45) is 4.70. The van der Waals surface area contributed by atoms with E-state index in [0.717, 1.165) is 11.4 Å². The van der Waals surface area contributed by atoms with Crippen molar-refractivity contribution in [2.45, 2.75) is 32.8 Å². The van der Waals surface area contributed by atoms with Crippen LogP contribution < -0.4 is 4.74 Å². The Morgan fingerprint density at radius 2 is 2.17 bits per heavy atom. The van der Waals surface area contributed by atoms with E-state index in [-0.39, 0.29) is 0 Å². The molecule has 1 aromatic rings. The van der Waals surface area contributed by atoms with Crippen LogP contribution in [-0.2, 0) is 0 Å². The van der Waals surface area contributed by atoms with Gasteiger partial charge in [-0.1, -0.05) is 0 Å². The summed E-state index contributed by atoms with van der Waals surface area (Å²) in [4.78, 5) is 4.19. The van der Waals surface area contributed by atoms with Crippen molar-refractivity contribution < 1.29 is 4.74 Å². The van der Waals surface area contributed by atoms with Gasteiger partial charge in [-0.2, -0.15) is 0 Å². The van der Waals surface area contributed by atoms with Crippen LogP contribution >= 0.6 is 0 Å². The highest BCUT2D eigenvalue weighted by Crippen LogP contribution is 2.29. The van der Waals surface area contributed by atoms with E-state index in [2.05, 4.69) is 11.9 Å². The summed E-state index contributed by atoms with van der Waals surface area (Å²) in [5, 5.41) is 0. The summed E-state index contributed by atoms with van der Waals surface area (Å²) in [6, 6.07) is 1.95. The van der Waals surface area contributed by atoms with Gasteiger partial charge in [0.25, 0.3) is 0 Å². The van der Waals surface area contributed by atoms with Crippen molar-refractivity contribution >= 4 is 0 Å². The third-order valence-corrected chi connectivity index (χ3v) is 2.22. The lowest BCUT2D eigenvalue weighted by Gasteiger charge is -2.08. The number of hydrogen-bond acceptors (Lipinski definition) is 2. The van der Waals surface area contributed by atoms with Crippen molar-refractivity contribution in [2.75, 3.05) is 0 Å². The van der Waals surface area contributed by atoms with Gasteiger partial charge >= 0.3 is 0 Å². The number of rotatable bonds is 2. The van der Waals surface area contributed by atoms with E-state index in [0.29, 0.717) is 6.10 Å². The minimum Gasteiger partial charge on any atom is -0.490 e. The summed E-state index contributed by atoms with van der Waals surface area (Å²) < 4.78 is 5.70. The molecule has 1 aromatic heterocycles. The Bertz CT molecular complexity index is 292. The molecule has 1 aliphatic rings. The first-order valence-corrected chi connectivity index (χ1v) is 4.36. The Morgan fingerprint density at radius 3 is 2.83 bits per heavy atom. The van der Waals surface area contributed by atoms with E-state index >= 15 is 0 Å². The second-order valence-corrected chi connectivity index (χ2v) is 3.34. The van der Waals surface area contributed by atoms with Gasteiger partial charge in [0.15, 0.2) is 0 Å². The molecule has 2 heteroatoms. The summed E-state index contributed by atoms with van der Waals surface area (Å²) in [6.45, 7) is 4.06. The first-order valence-electron chi connectivity index (χ1n) is 4.36. The van der Waals surface area contributed by atoms with Crippen molar-refractivity contribution in [1.29, 1.82) is 0 Å². The van der Waals surface area contributed by atoms with Gasteiger partial charge < -0.3 is 4.74 Å². The maximum atomic E-state index is 5.70. The summed E-state index contributed by atoms with van der Waals surface area (Å²) in [7, 11) is 0. The minimum atomic E-state index is 0.477. The standard InChI is InChI=1S/C10H13NO/c1-7-8(2)11-6-5-10(7)12-9-3-4-9/h5-6,9H,3-4H2,1-2H3. The van der Waals surface area contributed by atoms with Gasteiger partial charge in [0.2, 0.25) is 0 Å². The van der Waals surface area contributed by atoms with E-state index in [1.165, 1.54) is 18.4 Å². The molecule has 0 unspecified atom stereocenters. The largest absolute Gasteiger partial charge is 0.490 e. The molecular formula is C10H13NO. The molecule has 0 atom stereocenters. The van der Waals surface area contributed by atoms with Gasteiger partial charge in [-0.25, -0.2) is 0 Å². The monoisotopic (exact) mass is 163 g/mol. The fourth-order valence-corrected chi connectivity index (χ4v) is 1.11. The van der Waals surface area contributed by atoms with E-state index in [4.69, 9.17) is 4.74 Å².